The summed E-state index contributed by atoms with van der Waals surface area (Å²) in [6.45, 7) is 1.78. The van der Waals surface area contributed by atoms with E-state index in [4.69, 9.17) is 16.3 Å². The van der Waals surface area contributed by atoms with Crippen LogP contribution in [0.1, 0.15) is 0 Å². The van der Waals surface area contributed by atoms with Crippen LogP contribution in [0.2, 0.25) is 5.02 Å². The van der Waals surface area contributed by atoms with Gasteiger partial charge in [-0.1, -0.05) is 29.8 Å². The number of hydrogen-bond acceptors (Lipinski definition) is 8. The minimum atomic E-state index is -0.532. The molecule has 0 N–H and O–H groups in total. The fourth-order valence-corrected chi connectivity index (χ4v) is 4.19. The molecule has 3 heterocycles. The molecule has 1 fully saturated rings. The van der Waals surface area contributed by atoms with E-state index in [1.165, 1.54) is 18.5 Å². The van der Waals surface area contributed by atoms with Gasteiger partial charge in [-0.3, -0.25) is 14.9 Å². The molecule has 4 aromatic rings. The maximum absolute atomic E-state index is 12.7. The summed E-state index contributed by atoms with van der Waals surface area (Å²) in [7, 11) is 0. The number of anilines is 1. The summed E-state index contributed by atoms with van der Waals surface area (Å²) in [6.07, 6.45) is 3.22. The summed E-state index contributed by atoms with van der Waals surface area (Å²) in [6, 6.07) is 13.4. The number of ether oxygens (including phenoxy) is 1. The van der Waals surface area contributed by atoms with E-state index >= 15 is 0 Å². The van der Waals surface area contributed by atoms with Gasteiger partial charge in [0.15, 0.2) is 18.0 Å². The van der Waals surface area contributed by atoms with Crippen molar-refractivity contribution in [2.75, 3.05) is 37.7 Å². The smallest absolute Gasteiger partial charge is 0.310 e. The van der Waals surface area contributed by atoms with Crippen molar-refractivity contribution in [3.05, 3.63) is 76.2 Å². The topological polar surface area (TPSA) is 120 Å². The first-order valence-corrected chi connectivity index (χ1v) is 11.2. The fourth-order valence-electron chi connectivity index (χ4n) is 4.01. The number of halogens is 1. The lowest BCUT2D eigenvalue weighted by atomic mass is 10.2. The zero-order valence-corrected chi connectivity index (χ0v) is 19.2. The maximum atomic E-state index is 12.7. The number of rotatable bonds is 6. The van der Waals surface area contributed by atoms with Gasteiger partial charge in [0.2, 0.25) is 0 Å². The van der Waals surface area contributed by atoms with Crippen LogP contribution in [-0.2, 0) is 4.79 Å². The number of hydrogen-bond donors (Lipinski definition) is 0. The van der Waals surface area contributed by atoms with Crippen molar-refractivity contribution in [2.24, 2.45) is 0 Å². The minimum absolute atomic E-state index is 0.0737. The zero-order valence-electron chi connectivity index (χ0n) is 18.5. The van der Waals surface area contributed by atoms with Crippen LogP contribution in [0.5, 0.6) is 5.75 Å². The Labute approximate surface area is 204 Å². The molecule has 178 valence electrons. The average Bonchev–Trinajstić information content (AvgIpc) is 3.32. The van der Waals surface area contributed by atoms with Gasteiger partial charge in [0, 0.05) is 37.3 Å². The molecule has 0 bridgehead atoms. The number of nitro groups is 1. The summed E-state index contributed by atoms with van der Waals surface area (Å²) in [5.74, 6) is 0.584. The molecule has 1 amide bonds. The van der Waals surface area contributed by atoms with E-state index in [2.05, 4.69) is 20.0 Å². The molecule has 0 aliphatic carbocycles. The van der Waals surface area contributed by atoms with Crippen LogP contribution >= 0.6 is 11.6 Å². The van der Waals surface area contributed by atoms with Crippen LogP contribution < -0.4 is 9.64 Å². The Morgan fingerprint density at radius 2 is 1.89 bits per heavy atom. The van der Waals surface area contributed by atoms with Gasteiger partial charge in [-0.15, -0.1) is 0 Å². The number of fused-ring (bicyclic) bond motifs is 1. The highest BCUT2D eigenvalue weighted by atomic mass is 35.5. The van der Waals surface area contributed by atoms with Gasteiger partial charge in [-0.05, 0) is 24.3 Å². The number of carbonyl (C=O) groups excluding carboxylic acids is 1. The predicted octanol–water partition coefficient (Wildman–Crippen LogP) is 3.10. The monoisotopic (exact) mass is 493 g/mol. The number of nitrogens with zero attached hydrogens (tertiary/aromatic N) is 7. The standard InChI is InChI=1S/C23H20ClN7O4/c24-16-4-3-5-17(12-16)30-23-18(13-27-30)22(25-15-26-23)29-10-8-28(9-11-29)21(32)14-35-20-7-2-1-6-19(20)31(33)34/h1-7,12-13,15H,8-11,14H2. The zero-order chi connectivity index (χ0) is 24.4. The maximum Gasteiger partial charge on any atom is 0.310 e. The van der Waals surface area contributed by atoms with Gasteiger partial charge in [0.25, 0.3) is 5.91 Å². The van der Waals surface area contributed by atoms with E-state index in [0.717, 1.165) is 16.9 Å². The highest BCUT2D eigenvalue weighted by Crippen LogP contribution is 2.27. The molecular formula is C23H20ClN7O4. The largest absolute Gasteiger partial charge is 0.477 e. The summed E-state index contributed by atoms with van der Waals surface area (Å²) in [4.78, 5) is 35.9. The Hall–Kier alpha value is -4.25. The first-order chi connectivity index (χ1) is 17.0. The normalized spacial score (nSPS) is 13.7. The van der Waals surface area contributed by atoms with E-state index in [0.29, 0.717) is 36.8 Å². The number of nitro benzene ring substituents is 1. The van der Waals surface area contributed by atoms with Crippen molar-refractivity contribution in [3.8, 4) is 11.4 Å². The molecule has 11 nitrogen and oxygen atoms in total. The van der Waals surface area contributed by atoms with Crippen molar-refractivity contribution >= 4 is 40.0 Å². The van der Waals surface area contributed by atoms with Crippen molar-refractivity contribution in [3.63, 3.8) is 0 Å². The third-order valence-electron chi connectivity index (χ3n) is 5.74. The van der Waals surface area contributed by atoms with E-state index in [1.807, 2.05) is 18.2 Å². The van der Waals surface area contributed by atoms with Crippen LogP contribution in [-0.4, -0.2) is 68.3 Å². The molecule has 12 heteroatoms. The first kappa shape index (κ1) is 22.5. The summed E-state index contributed by atoms with van der Waals surface area (Å²) >= 11 is 6.13. The number of amides is 1. The van der Waals surface area contributed by atoms with Crippen molar-refractivity contribution in [2.45, 2.75) is 0 Å². The second-order valence-corrected chi connectivity index (χ2v) is 8.29. The molecule has 2 aromatic heterocycles. The van der Waals surface area contributed by atoms with Gasteiger partial charge in [-0.25, -0.2) is 14.6 Å². The molecule has 2 aromatic carbocycles. The highest BCUT2D eigenvalue weighted by Gasteiger charge is 2.25. The number of aromatic nitrogens is 4. The Balaban J connectivity index is 1.26. The SMILES string of the molecule is O=C(COc1ccccc1[N+](=O)[O-])N1CCN(c2ncnc3c2cnn3-c2cccc(Cl)c2)CC1. The summed E-state index contributed by atoms with van der Waals surface area (Å²) < 4.78 is 7.16. The second-order valence-electron chi connectivity index (χ2n) is 7.85. The lowest BCUT2D eigenvalue weighted by molar-refractivity contribution is -0.385. The first-order valence-electron chi connectivity index (χ1n) is 10.8. The molecule has 1 aliphatic heterocycles. The van der Waals surface area contributed by atoms with E-state index in [-0.39, 0.29) is 24.0 Å². The Kier molecular flexibility index (Phi) is 6.15. The van der Waals surface area contributed by atoms with Crippen LogP contribution in [0.25, 0.3) is 16.7 Å². The molecule has 0 saturated carbocycles. The number of carbonyl (C=O) groups is 1. The molecular weight excluding hydrogens is 474 g/mol. The summed E-state index contributed by atoms with van der Waals surface area (Å²) in [5, 5.41) is 17.0. The summed E-state index contributed by atoms with van der Waals surface area (Å²) in [5.41, 5.74) is 1.29. The molecule has 1 saturated heterocycles. The third-order valence-corrected chi connectivity index (χ3v) is 5.98. The van der Waals surface area contributed by atoms with Gasteiger partial charge in [-0.2, -0.15) is 5.10 Å². The second kappa shape index (κ2) is 9.55. The van der Waals surface area contributed by atoms with Gasteiger partial charge in [0.05, 0.1) is 22.2 Å². The van der Waals surface area contributed by atoms with Gasteiger partial charge < -0.3 is 14.5 Å². The molecule has 35 heavy (non-hydrogen) atoms. The Morgan fingerprint density at radius 1 is 1.09 bits per heavy atom. The molecule has 5 rings (SSSR count). The van der Waals surface area contributed by atoms with Gasteiger partial charge in [0.1, 0.15) is 12.1 Å². The van der Waals surface area contributed by atoms with Crippen molar-refractivity contribution in [1.82, 2.24) is 24.6 Å². The lowest BCUT2D eigenvalue weighted by Gasteiger charge is -2.35. The van der Waals surface area contributed by atoms with Crippen LogP contribution in [0, 0.1) is 10.1 Å². The number of para-hydroxylation sites is 2. The average molecular weight is 494 g/mol. The molecule has 1 aliphatic rings. The predicted molar refractivity (Wildman–Crippen MR) is 129 cm³/mol. The highest BCUT2D eigenvalue weighted by molar-refractivity contribution is 6.30. The van der Waals surface area contributed by atoms with Gasteiger partial charge >= 0.3 is 5.69 Å². The van der Waals surface area contributed by atoms with Crippen LogP contribution in [0.15, 0.2) is 61.1 Å². The Morgan fingerprint density at radius 3 is 2.66 bits per heavy atom. The van der Waals surface area contributed by atoms with Crippen molar-refractivity contribution < 1.29 is 14.5 Å². The van der Waals surface area contributed by atoms with E-state index in [1.54, 1.807) is 34.0 Å². The van der Waals surface area contributed by atoms with E-state index in [9.17, 15) is 14.9 Å². The van der Waals surface area contributed by atoms with Crippen molar-refractivity contribution in [1.29, 1.82) is 0 Å². The van der Waals surface area contributed by atoms with E-state index < -0.39 is 4.92 Å². The third kappa shape index (κ3) is 4.58. The molecule has 0 radical (unpaired) electrons. The minimum Gasteiger partial charge on any atom is -0.477 e. The molecule has 0 atom stereocenters. The number of piperazine rings is 1. The van der Waals surface area contributed by atoms with Crippen LogP contribution in [0.4, 0.5) is 11.5 Å². The quantitative estimate of drug-likeness (QED) is 0.297. The fraction of sp³-hybridized carbons (Fsp3) is 0.217. The molecule has 0 unspecified atom stereocenters. The molecule has 0 spiro atoms. The number of benzene rings is 2. The Bertz CT molecular complexity index is 1400. The lowest BCUT2D eigenvalue weighted by Crippen LogP contribution is -2.50. The van der Waals surface area contributed by atoms with Crippen LogP contribution in [0.3, 0.4) is 0 Å².